The average Bonchev–Trinajstić information content (AvgIpc) is 3.16. The van der Waals surface area contributed by atoms with Gasteiger partial charge in [0.05, 0.1) is 11.0 Å². The van der Waals surface area contributed by atoms with Gasteiger partial charge >= 0.3 is 5.97 Å². The summed E-state index contributed by atoms with van der Waals surface area (Å²) in [6.45, 7) is 5.06. The molecule has 2 aromatic rings. The molecule has 1 aliphatic rings. The molecule has 1 aromatic heterocycles. The summed E-state index contributed by atoms with van der Waals surface area (Å²) in [5.74, 6) is -0.956. The molecule has 0 bridgehead atoms. The summed E-state index contributed by atoms with van der Waals surface area (Å²) in [7, 11) is 1.51. The van der Waals surface area contributed by atoms with E-state index in [9.17, 15) is 14.4 Å². The number of fused-ring (bicyclic) bond motifs is 1. The number of carboxylic acid groups (broad SMARTS) is 1. The van der Waals surface area contributed by atoms with Crippen molar-refractivity contribution in [2.24, 2.45) is 10.9 Å². The van der Waals surface area contributed by atoms with Gasteiger partial charge in [0.1, 0.15) is 0 Å². The Hall–Kier alpha value is -3.07. The van der Waals surface area contributed by atoms with Crippen LogP contribution in [0.4, 0.5) is 0 Å². The molecular formula is C22H29N5O4. The molecule has 0 radical (unpaired) electrons. The first kappa shape index (κ1) is 22.6. The maximum atomic E-state index is 12.4. The zero-order chi connectivity index (χ0) is 22.5. The number of hydrogen-bond acceptors (Lipinski definition) is 5. The molecule has 3 N–H and O–H groups in total. The van der Waals surface area contributed by atoms with Gasteiger partial charge < -0.3 is 20.3 Å². The van der Waals surface area contributed by atoms with Gasteiger partial charge in [-0.25, -0.2) is 4.98 Å². The van der Waals surface area contributed by atoms with Gasteiger partial charge in [0.25, 0.3) is 5.91 Å². The number of nitrogens with one attached hydrogen (secondary N) is 2. The lowest BCUT2D eigenvalue weighted by Crippen LogP contribution is -2.37. The van der Waals surface area contributed by atoms with Crippen molar-refractivity contribution in [3.05, 3.63) is 34.4 Å². The number of carboxylic acids is 1. The van der Waals surface area contributed by atoms with Gasteiger partial charge in [0.15, 0.2) is 11.2 Å². The largest absolute Gasteiger partial charge is 0.481 e. The second kappa shape index (κ2) is 9.82. The quantitative estimate of drug-likeness (QED) is 0.545. The SMILES string of the molecule is CNC(=O)c1nc2cc(C)c(C)cc2n(CCNC2CCC(CC(=O)O)C2)c1=NC=O. The third-order valence-electron chi connectivity index (χ3n) is 5.97. The minimum absolute atomic E-state index is 0.104. The molecule has 0 aliphatic heterocycles. The van der Waals surface area contributed by atoms with E-state index in [1.54, 1.807) is 0 Å². The number of aliphatic carboxylic acids is 1. The highest BCUT2D eigenvalue weighted by Gasteiger charge is 2.26. The van der Waals surface area contributed by atoms with E-state index in [1.165, 1.54) is 7.05 Å². The van der Waals surface area contributed by atoms with Crippen molar-refractivity contribution in [1.29, 1.82) is 0 Å². The average molecular weight is 428 g/mol. The molecular weight excluding hydrogens is 398 g/mol. The van der Waals surface area contributed by atoms with Gasteiger partial charge in [-0.15, -0.1) is 0 Å². The molecule has 1 fully saturated rings. The van der Waals surface area contributed by atoms with Crippen LogP contribution in [0.5, 0.6) is 0 Å². The fourth-order valence-electron chi connectivity index (χ4n) is 4.25. The molecule has 0 saturated heterocycles. The van der Waals surface area contributed by atoms with Gasteiger partial charge in [0, 0.05) is 32.6 Å². The highest BCUT2D eigenvalue weighted by molar-refractivity contribution is 5.93. The predicted molar refractivity (Wildman–Crippen MR) is 116 cm³/mol. The number of amides is 2. The molecule has 1 aliphatic carbocycles. The van der Waals surface area contributed by atoms with Crippen molar-refractivity contribution in [2.75, 3.05) is 13.6 Å². The molecule has 9 nitrogen and oxygen atoms in total. The number of carbonyl (C=O) groups excluding carboxylic acids is 2. The van der Waals surface area contributed by atoms with Gasteiger partial charge in [-0.2, -0.15) is 4.99 Å². The topological polar surface area (TPSA) is 126 Å². The second-order valence-electron chi connectivity index (χ2n) is 8.10. The predicted octanol–water partition coefficient (Wildman–Crippen LogP) is 1.30. The Kier molecular flexibility index (Phi) is 7.17. The maximum absolute atomic E-state index is 12.4. The van der Waals surface area contributed by atoms with Crippen LogP contribution in [-0.2, 0) is 16.1 Å². The first-order valence-electron chi connectivity index (χ1n) is 10.5. The molecule has 1 saturated carbocycles. The zero-order valence-electron chi connectivity index (χ0n) is 18.1. The van der Waals surface area contributed by atoms with Crippen molar-refractivity contribution in [3.8, 4) is 0 Å². The first-order chi connectivity index (χ1) is 14.8. The van der Waals surface area contributed by atoms with E-state index in [0.717, 1.165) is 35.9 Å². The Morgan fingerprint density at radius 1 is 1.29 bits per heavy atom. The van der Waals surface area contributed by atoms with Crippen LogP contribution >= 0.6 is 0 Å². The molecule has 2 amide bonds. The Bertz CT molecular complexity index is 1080. The minimum Gasteiger partial charge on any atom is -0.481 e. The zero-order valence-corrected chi connectivity index (χ0v) is 18.1. The summed E-state index contributed by atoms with van der Waals surface area (Å²) in [5, 5.41) is 15.1. The van der Waals surface area contributed by atoms with Gasteiger partial charge in [-0.1, -0.05) is 0 Å². The van der Waals surface area contributed by atoms with Crippen molar-refractivity contribution < 1.29 is 19.5 Å². The van der Waals surface area contributed by atoms with Crippen LogP contribution in [0, 0.1) is 19.8 Å². The summed E-state index contributed by atoms with van der Waals surface area (Å²) in [5.41, 5.74) is 3.92. The van der Waals surface area contributed by atoms with Crippen molar-refractivity contribution in [2.45, 2.75) is 52.1 Å². The summed E-state index contributed by atoms with van der Waals surface area (Å²) < 4.78 is 1.85. The molecule has 166 valence electrons. The first-order valence-corrected chi connectivity index (χ1v) is 10.5. The van der Waals surface area contributed by atoms with E-state index in [1.807, 2.05) is 30.5 Å². The lowest BCUT2D eigenvalue weighted by Gasteiger charge is -2.18. The molecule has 3 rings (SSSR count). The molecule has 2 atom stereocenters. The number of aromatic nitrogens is 2. The molecule has 9 heteroatoms. The lowest BCUT2D eigenvalue weighted by molar-refractivity contribution is -0.138. The van der Waals surface area contributed by atoms with Crippen LogP contribution in [0.3, 0.4) is 0 Å². The normalized spacial score (nSPS) is 19.0. The fourth-order valence-corrected chi connectivity index (χ4v) is 4.25. The number of hydrogen-bond donors (Lipinski definition) is 3. The van der Waals surface area contributed by atoms with Crippen molar-refractivity contribution in [1.82, 2.24) is 20.2 Å². The summed E-state index contributed by atoms with van der Waals surface area (Å²) >= 11 is 0. The van der Waals surface area contributed by atoms with Crippen LogP contribution in [-0.4, -0.2) is 52.6 Å². The fraction of sp³-hybridized carbons (Fsp3) is 0.500. The Labute approximate surface area is 180 Å². The van der Waals surface area contributed by atoms with Crippen LogP contribution in [0.25, 0.3) is 11.0 Å². The molecule has 0 spiro atoms. The van der Waals surface area contributed by atoms with E-state index < -0.39 is 11.9 Å². The Balaban J connectivity index is 1.92. The standard InChI is InChI=1S/C22H29N5O4/c1-13-8-17-18(9-14(13)2)27(21(25-12-28)20(26-17)22(31)23-3)7-6-24-16-5-4-15(10-16)11-19(29)30/h8-9,12,15-16,24H,4-7,10-11H2,1-3H3,(H,23,31)(H,29,30). The highest BCUT2D eigenvalue weighted by atomic mass is 16.4. The highest BCUT2D eigenvalue weighted by Crippen LogP contribution is 2.28. The van der Waals surface area contributed by atoms with E-state index in [-0.39, 0.29) is 29.6 Å². The number of carbonyl (C=O) groups is 3. The molecule has 31 heavy (non-hydrogen) atoms. The number of aryl methyl sites for hydroxylation is 2. The van der Waals surface area contributed by atoms with Crippen molar-refractivity contribution in [3.63, 3.8) is 0 Å². The van der Waals surface area contributed by atoms with E-state index >= 15 is 0 Å². The lowest BCUT2D eigenvalue weighted by atomic mass is 10.0. The van der Waals surface area contributed by atoms with Gasteiger partial charge in [0.2, 0.25) is 6.41 Å². The third kappa shape index (κ3) is 5.16. The smallest absolute Gasteiger partial charge is 0.303 e. The van der Waals surface area contributed by atoms with Crippen molar-refractivity contribution >= 4 is 29.3 Å². The third-order valence-corrected chi connectivity index (χ3v) is 5.97. The van der Waals surface area contributed by atoms with Gasteiger partial charge in [-0.05, 0) is 62.3 Å². The number of nitrogens with zero attached hydrogens (tertiary/aromatic N) is 3. The van der Waals surface area contributed by atoms with Crippen LogP contribution in [0.2, 0.25) is 0 Å². The molecule has 1 aromatic carbocycles. The molecule has 1 heterocycles. The monoisotopic (exact) mass is 427 g/mol. The maximum Gasteiger partial charge on any atom is 0.303 e. The number of benzene rings is 1. The number of rotatable bonds is 8. The minimum atomic E-state index is -0.753. The van der Waals surface area contributed by atoms with E-state index in [4.69, 9.17) is 5.11 Å². The second-order valence-corrected chi connectivity index (χ2v) is 8.10. The Morgan fingerprint density at radius 3 is 2.71 bits per heavy atom. The molecule has 2 unspecified atom stereocenters. The van der Waals surface area contributed by atoms with Crippen LogP contribution in [0.1, 0.15) is 47.3 Å². The summed E-state index contributed by atoms with van der Waals surface area (Å²) in [6.07, 6.45) is 3.31. The van der Waals surface area contributed by atoms with E-state index in [2.05, 4.69) is 20.6 Å². The summed E-state index contributed by atoms with van der Waals surface area (Å²) in [6, 6.07) is 4.18. The summed E-state index contributed by atoms with van der Waals surface area (Å²) in [4.78, 5) is 43.1. The van der Waals surface area contributed by atoms with Gasteiger partial charge in [-0.3, -0.25) is 14.4 Å². The Morgan fingerprint density at radius 2 is 2.03 bits per heavy atom. The van der Waals surface area contributed by atoms with Crippen LogP contribution < -0.4 is 16.1 Å². The van der Waals surface area contributed by atoms with Crippen LogP contribution in [0.15, 0.2) is 17.1 Å². The van der Waals surface area contributed by atoms with E-state index in [0.29, 0.717) is 25.0 Å².